The molecule has 0 aliphatic carbocycles. The molecular formula is C14H20N4O. The van der Waals surface area contributed by atoms with Crippen LogP contribution in [0.3, 0.4) is 0 Å². The van der Waals surface area contributed by atoms with E-state index in [0.717, 1.165) is 23.5 Å². The molecule has 0 spiro atoms. The molecule has 102 valence electrons. The standard InChI is InChI=1S/C14H20N4O/c1-11(2)18-14(16-10-17-18)8-15-7-12-4-3-5-13(6-12)9-19/h3-6,10-11,15,19H,7-9H2,1-2H3. The van der Waals surface area contributed by atoms with Crippen molar-refractivity contribution in [2.75, 3.05) is 0 Å². The number of benzene rings is 1. The van der Waals surface area contributed by atoms with Crippen LogP contribution in [0, 0.1) is 0 Å². The highest BCUT2D eigenvalue weighted by Crippen LogP contribution is 2.07. The number of aromatic nitrogens is 3. The van der Waals surface area contributed by atoms with Crippen molar-refractivity contribution >= 4 is 0 Å². The minimum Gasteiger partial charge on any atom is -0.392 e. The Morgan fingerprint density at radius 2 is 2.05 bits per heavy atom. The molecule has 0 aliphatic rings. The fourth-order valence-corrected chi connectivity index (χ4v) is 1.99. The molecule has 1 aromatic heterocycles. The van der Waals surface area contributed by atoms with Gasteiger partial charge in [0.15, 0.2) is 0 Å². The van der Waals surface area contributed by atoms with E-state index in [0.29, 0.717) is 12.6 Å². The minimum absolute atomic E-state index is 0.0789. The average molecular weight is 260 g/mol. The Bertz CT molecular complexity index is 522. The van der Waals surface area contributed by atoms with Crippen LogP contribution < -0.4 is 5.32 Å². The minimum atomic E-state index is 0.0789. The van der Waals surface area contributed by atoms with Gasteiger partial charge in [-0.2, -0.15) is 5.10 Å². The molecule has 0 aliphatic heterocycles. The zero-order valence-corrected chi connectivity index (χ0v) is 11.4. The van der Waals surface area contributed by atoms with Crippen LogP contribution in [0.4, 0.5) is 0 Å². The molecule has 1 aromatic carbocycles. The summed E-state index contributed by atoms with van der Waals surface area (Å²) in [6.45, 7) is 5.68. The second-order valence-corrected chi connectivity index (χ2v) is 4.80. The second kappa shape index (κ2) is 6.45. The first-order valence-corrected chi connectivity index (χ1v) is 6.48. The third-order valence-corrected chi connectivity index (χ3v) is 2.92. The van der Waals surface area contributed by atoms with E-state index in [-0.39, 0.29) is 6.61 Å². The molecule has 0 saturated carbocycles. The maximum absolute atomic E-state index is 9.09. The number of hydrogen-bond donors (Lipinski definition) is 2. The monoisotopic (exact) mass is 260 g/mol. The molecule has 1 heterocycles. The van der Waals surface area contributed by atoms with Crippen molar-refractivity contribution in [2.24, 2.45) is 0 Å². The van der Waals surface area contributed by atoms with E-state index in [2.05, 4.69) is 29.2 Å². The van der Waals surface area contributed by atoms with Crippen LogP contribution in [-0.2, 0) is 19.7 Å². The van der Waals surface area contributed by atoms with Gasteiger partial charge in [0.05, 0.1) is 13.2 Å². The van der Waals surface area contributed by atoms with Crippen LogP contribution >= 0.6 is 0 Å². The van der Waals surface area contributed by atoms with Gasteiger partial charge in [-0.15, -0.1) is 0 Å². The van der Waals surface area contributed by atoms with E-state index >= 15 is 0 Å². The summed E-state index contributed by atoms with van der Waals surface area (Å²) in [5, 5.41) is 16.6. The van der Waals surface area contributed by atoms with Crippen molar-refractivity contribution in [2.45, 2.75) is 39.6 Å². The van der Waals surface area contributed by atoms with Crippen molar-refractivity contribution in [1.82, 2.24) is 20.1 Å². The molecule has 2 rings (SSSR count). The van der Waals surface area contributed by atoms with Crippen molar-refractivity contribution in [3.05, 3.63) is 47.5 Å². The maximum atomic E-state index is 9.09. The Balaban J connectivity index is 1.90. The Morgan fingerprint density at radius 1 is 1.26 bits per heavy atom. The number of rotatable bonds is 6. The third kappa shape index (κ3) is 3.62. The second-order valence-electron chi connectivity index (χ2n) is 4.80. The normalized spacial score (nSPS) is 11.2. The molecular weight excluding hydrogens is 240 g/mol. The van der Waals surface area contributed by atoms with Gasteiger partial charge in [0.25, 0.3) is 0 Å². The quantitative estimate of drug-likeness (QED) is 0.829. The smallest absolute Gasteiger partial charge is 0.141 e. The van der Waals surface area contributed by atoms with Gasteiger partial charge in [-0.3, -0.25) is 0 Å². The maximum Gasteiger partial charge on any atom is 0.141 e. The van der Waals surface area contributed by atoms with E-state index in [9.17, 15) is 0 Å². The Labute approximate surface area is 113 Å². The van der Waals surface area contributed by atoms with Gasteiger partial charge >= 0.3 is 0 Å². The predicted octanol–water partition coefficient (Wildman–Crippen LogP) is 1.64. The number of aliphatic hydroxyl groups is 1. The topological polar surface area (TPSA) is 63.0 Å². The first-order valence-electron chi connectivity index (χ1n) is 6.48. The van der Waals surface area contributed by atoms with Crippen molar-refractivity contribution in [3.8, 4) is 0 Å². The van der Waals surface area contributed by atoms with Crippen molar-refractivity contribution in [1.29, 1.82) is 0 Å². The van der Waals surface area contributed by atoms with Gasteiger partial charge in [-0.25, -0.2) is 9.67 Å². The highest BCUT2D eigenvalue weighted by atomic mass is 16.3. The Hall–Kier alpha value is -1.72. The van der Waals surface area contributed by atoms with Crippen LogP contribution in [0.5, 0.6) is 0 Å². The molecule has 0 unspecified atom stereocenters. The fraction of sp³-hybridized carbons (Fsp3) is 0.429. The van der Waals surface area contributed by atoms with Crippen molar-refractivity contribution < 1.29 is 5.11 Å². The van der Waals surface area contributed by atoms with Gasteiger partial charge in [0, 0.05) is 12.6 Å². The van der Waals surface area contributed by atoms with Crippen LogP contribution in [0.1, 0.15) is 36.8 Å². The summed E-state index contributed by atoms with van der Waals surface area (Å²) in [5.74, 6) is 0.938. The Kier molecular flexibility index (Phi) is 4.65. The van der Waals surface area contributed by atoms with E-state index < -0.39 is 0 Å². The van der Waals surface area contributed by atoms with E-state index in [1.165, 1.54) is 0 Å². The van der Waals surface area contributed by atoms with Crippen LogP contribution in [0.2, 0.25) is 0 Å². The van der Waals surface area contributed by atoms with E-state index in [4.69, 9.17) is 5.11 Å². The Morgan fingerprint density at radius 3 is 2.79 bits per heavy atom. The van der Waals surface area contributed by atoms with Gasteiger partial charge in [0.2, 0.25) is 0 Å². The first-order chi connectivity index (χ1) is 9.20. The summed E-state index contributed by atoms with van der Waals surface area (Å²) < 4.78 is 1.91. The lowest BCUT2D eigenvalue weighted by Crippen LogP contribution is -2.18. The van der Waals surface area contributed by atoms with Gasteiger partial charge < -0.3 is 10.4 Å². The highest BCUT2D eigenvalue weighted by Gasteiger charge is 2.06. The SMILES string of the molecule is CC(C)n1ncnc1CNCc1cccc(CO)c1. The molecule has 0 radical (unpaired) electrons. The summed E-state index contributed by atoms with van der Waals surface area (Å²) in [6.07, 6.45) is 1.59. The molecule has 2 N–H and O–H groups in total. The van der Waals surface area contributed by atoms with Gasteiger partial charge in [-0.05, 0) is 25.0 Å². The fourth-order valence-electron chi connectivity index (χ4n) is 1.99. The lowest BCUT2D eigenvalue weighted by Gasteiger charge is -2.10. The number of nitrogens with one attached hydrogen (secondary N) is 1. The van der Waals surface area contributed by atoms with Crippen LogP contribution in [-0.4, -0.2) is 19.9 Å². The van der Waals surface area contributed by atoms with Crippen LogP contribution in [0.15, 0.2) is 30.6 Å². The highest BCUT2D eigenvalue weighted by molar-refractivity contribution is 5.22. The summed E-state index contributed by atoms with van der Waals surface area (Å²) in [7, 11) is 0. The summed E-state index contributed by atoms with van der Waals surface area (Å²) in [4.78, 5) is 4.25. The zero-order valence-electron chi connectivity index (χ0n) is 11.4. The predicted molar refractivity (Wildman–Crippen MR) is 73.3 cm³/mol. The zero-order chi connectivity index (χ0) is 13.7. The first kappa shape index (κ1) is 13.7. The average Bonchev–Trinajstić information content (AvgIpc) is 2.87. The molecule has 0 saturated heterocycles. The molecule has 0 amide bonds. The third-order valence-electron chi connectivity index (χ3n) is 2.92. The molecule has 5 heteroatoms. The molecule has 0 bridgehead atoms. The summed E-state index contributed by atoms with van der Waals surface area (Å²) >= 11 is 0. The summed E-state index contributed by atoms with van der Waals surface area (Å²) in [6, 6.07) is 8.23. The lowest BCUT2D eigenvalue weighted by atomic mass is 10.1. The largest absolute Gasteiger partial charge is 0.392 e. The number of nitrogens with zero attached hydrogens (tertiary/aromatic N) is 3. The lowest BCUT2D eigenvalue weighted by molar-refractivity contribution is 0.281. The molecule has 0 fully saturated rings. The van der Waals surface area contributed by atoms with E-state index in [1.54, 1.807) is 6.33 Å². The van der Waals surface area contributed by atoms with Gasteiger partial charge in [-0.1, -0.05) is 24.3 Å². The number of hydrogen-bond acceptors (Lipinski definition) is 4. The number of aliphatic hydroxyl groups excluding tert-OH is 1. The van der Waals surface area contributed by atoms with E-state index in [1.807, 2.05) is 28.9 Å². The van der Waals surface area contributed by atoms with Gasteiger partial charge in [0.1, 0.15) is 12.2 Å². The molecule has 0 atom stereocenters. The van der Waals surface area contributed by atoms with Crippen molar-refractivity contribution in [3.63, 3.8) is 0 Å². The molecule has 2 aromatic rings. The summed E-state index contributed by atoms with van der Waals surface area (Å²) in [5.41, 5.74) is 2.09. The van der Waals surface area contributed by atoms with Crippen LogP contribution in [0.25, 0.3) is 0 Å². The molecule has 5 nitrogen and oxygen atoms in total. The molecule has 19 heavy (non-hydrogen) atoms.